The summed E-state index contributed by atoms with van der Waals surface area (Å²) in [5.74, 6) is 3.06. The number of rotatable bonds is 2. The number of amidine groups is 1. The monoisotopic (exact) mass is 184 g/mol. The van der Waals surface area contributed by atoms with Gasteiger partial charge in [0.25, 0.3) is 0 Å². The van der Waals surface area contributed by atoms with Gasteiger partial charge in [-0.3, -0.25) is 4.99 Å². The number of hydrogen-bond donors (Lipinski definition) is 1. The van der Waals surface area contributed by atoms with Gasteiger partial charge in [0.05, 0.1) is 6.54 Å². The normalized spacial score (nSPS) is 34.2. The molecule has 2 rings (SSSR count). The summed E-state index contributed by atoms with van der Waals surface area (Å²) < 4.78 is 0. The highest BCUT2D eigenvalue weighted by Gasteiger charge is 2.25. The second-order valence-electron chi connectivity index (χ2n) is 3.86. The molecule has 0 amide bonds. The molecule has 68 valence electrons. The molecule has 1 heterocycles. The van der Waals surface area contributed by atoms with Crippen LogP contribution < -0.4 is 5.32 Å². The predicted molar refractivity (Wildman–Crippen MR) is 54.7 cm³/mol. The van der Waals surface area contributed by atoms with Crippen LogP contribution in [-0.2, 0) is 0 Å². The molecule has 1 N–H and O–H groups in total. The maximum Gasteiger partial charge on any atom is 0.156 e. The molecule has 1 saturated carbocycles. The number of nitrogens with one attached hydrogen (secondary N) is 1. The molecule has 0 unspecified atom stereocenters. The third-order valence-corrected chi connectivity index (χ3v) is 3.53. The number of hydrogen-bond acceptors (Lipinski definition) is 3. The van der Waals surface area contributed by atoms with Gasteiger partial charge in [-0.25, -0.2) is 0 Å². The second-order valence-corrected chi connectivity index (χ2v) is 4.94. The molecule has 1 aliphatic carbocycles. The molecule has 1 aliphatic heterocycles. The summed E-state index contributed by atoms with van der Waals surface area (Å²) in [6.07, 6.45) is 2.82. The second kappa shape index (κ2) is 3.69. The van der Waals surface area contributed by atoms with E-state index >= 15 is 0 Å². The van der Waals surface area contributed by atoms with E-state index < -0.39 is 0 Å². The highest BCUT2D eigenvalue weighted by Crippen LogP contribution is 2.32. The van der Waals surface area contributed by atoms with Crippen molar-refractivity contribution < 1.29 is 0 Å². The van der Waals surface area contributed by atoms with Crippen molar-refractivity contribution in [1.82, 2.24) is 5.32 Å². The first-order valence-corrected chi connectivity index (χ1v) is 5.74. The Kier molecular flexibility index (Phi) is 2.59. The van der Waals surface area contributed by atoms with E-state index in [-0.39, 0.29) is 0 Å². The standard InChI is InChI=1S/C9H16N2S/c1-7-4-8(5-7)6-11-9-10-2-3-12-9/h7-8H,2-6H2,1H3,(H,10,11). The Balaban J connectivity index is 1.62. The molecular weight excluding hydrogens is 168 g/mol. The van der Waals surface area contributed by atoms with E-state index in [1.807, 2.05) is 11.8 Å². The SMILES string of the molecule is CC1CC(CNC2=NCCS2)C1. The summed E-state index contributed by atoms with van der Waals surface area (Å²) in [5, 5.41) is 4.59. The van der Waals surface area contributed by atoms with Crippen LogP contribution in [0.2, 0.25) is 0 Å². The highest BCUT2D eigenvalue weighted by atomic mass is 32.2. The van der Waals surface area contributed by atoms with Crippen LogP contribution in [0.15, 0.2) is 4.99 Å². The smallest absolute Gasteiger partial charge is 0.156 e. The van der Waals surface area contributed by atoms with Gasteiger partial charge in [-0.05, 0) is 24.7 Å². The minimum absolute atomic E-state index is 0.920. The number of nitrogens with zero attached hydrogens (tertiary/aromatic N) is 1. The quantitative estimate of drug-likeness (QED) is 0.706. The first kappa shape index (κ1) is 8.42. The molecule has 0 radical (unpaired) electrons. The number of thioether (sulfide) groups is 1. The summed E-state index contributed by atoms with van der Waals surface area (Å²) in [6.45, 7) is 4.49. The van der Waals surface area contributed by atoms with E-state index in [0.29, 0.717) is 0 Å². The Labute approximate surface area is 78.2 Å². The molecule has 0 aromatic rings. The summed E-state index contributed by atoms with van der Waals surface area (Å²) >= 11 is 1.86. The molecule has 0 saturated heterocycles. The van der Waals surface area contributed by atoms with E-state index in [0.717, 1.165) is 24.9 Å². The fourth-order valence-electron chi connectivity index (χ4n) is 1.91. The van der Waals surface area contributed by atoms with Crippen molar-refractivity contribution in [2.24, 2.45) is 16.8 Å². The van der Waals surface area contributed by atoms with Crippen LogP contribution >= 0.6 is 11.8 Å². The summed E-state index contributed by atoms with van der Waals surface area (Å²) in [7, 11) is 0. The van der Waals surface area contributed by atoms with Gasteiger partial charge in [-0.1, -0.05) is 18.7 Å². The van der Waals surface area contributed by atoms with Gasteiger partial charge in [0, 0.05) is 12.3 Å². The summed E-state index contributed by atoms with van der Waals surface area (Å²) in [4.78, 5) is 4.35. The zero-order valence-electron chi connectivity index (χ0n) is 7.55. The van der Waals surface area contributed by atoms with E-state index in [2.05, 4.69) is 17.2 Å². The van der Waals surface area contributed by atoms with Crippen molar-refractivity contribution in [2.45, 2.75) is 19.8 Å². The Morgan fingerprint density at radius 2 is 2.42 bits per heavy atom. The average molecular weight is 184 g/mol. The van der Waals surface area contributed by atoms with Crippen molar-refractivity contribution in [2.75, 3.05) is 18.8 Å². The molecule has 0 atom stereocenters. The minimum Gasteiger partial charge on any atom is -0.365 e. The third kappa shape index (κ3) is 1.94. The van der Waals surface area contributed by atoms with Crippen molar-refractivity contribution >= 4 is 16.9 Å². The lowest BCUT2D eigenvalue weighted by Crippen LogP contribution is -2.33. The van der Waals surface area contributed by atoms with E-state index in [4.69, 9.17) is 0 Å². The van der Waals surface area contributed by atoms with Gasteiger partial charge in [0.2, 0.25) is 0 Å². The van der Waals surface area contributed by atoms with Crippen LogP contribution in [-0.4, -0.2) is 24.0 Å². The van der Waals surface area contributed by atoms with E-state index in [9.17, 15) is 0 Å². The van der Waals surface area contributed by atoms with Crippen molar-refractivity contribution in [3.05, 3.63) is 0 Å². The van der Waals surface area contributed by atoms with Crippen molar-refractivity contribution in [1.29, 1.82) is 0 Å². The van der Waals surface area contributed by atoms with Crippen molar-refractivity contribution in [3.63, 3.8) is 0 Å². The average Bonchev–Trinajstić information content (AvgIpc) is 2.47. The van der Waals surface area contributed by atoms with Crippen molar-refractivity contribution in [3.8, 4) is 0 Å². The van der Waals surface area contributed by atoms with Crippen LogP contribution in [0, 0.1) is 11.8 Å². The zero-order valence-corrected chi connectivity index (χ0v) is 8.36. The fraction of sp³-hybridized carbons (Fsp3) is 0.889. The summed E-state index contributed by atoms with van der Waals surface area (Å²) in [6, 6.07) is 0. The van der Waals surface area contributed by atoms with Gasteiger partial charge in [0.15, 0.2) is 5.17 Å². The lowest BCUT2D eigenvalue weighted by molar-refractivity contribution is 0.214. The van der Waals surface area contributed by atoms with E-state index in [1.54, 1.807) is 0 Å². The first-order valence-electron chi connectivity index (χ1n) is 4.75. The van der Waals surface area contributed by atoms with Crippen LogP contribution in [0.5, 0.6) is 0 Å². The Hall–Kier alpha value is -0.180. The van der Waals surface area contributed by atoms with Gasteiger partial charge >= 0.3 is 0 Å². The van der Waals surface area contributed by atoms with Gasteiger partial charge < -0.3 is 5.32 Å². The van der Waals surface area contributed by atoms with Gasteiger partial charge in [0.1, 0.15) is 0 Å². The first-order chi connectivity index (χ1) is 5.84. The molecule has 3 heteroatoms. The third-order valence-electron chi connectivity index (χ3n) is 2.60. The van der Waals surface area contributed by atoms with Gasteiger partial charge in [-0.15, -0.1) is 0 Å². The molecule has 2 aliphatic rings. The highest BCUT2D eigenvalue weighted by molar-refractivity contribution is 8.14. The topological polar surface area (TPSA) is 24.4 Å². The molecular formula is C9H16N2S. The maximum atomic E-state index is 4.35. The molecule has 0 aromatic heterocycles. The number of aliphatic imine (C=N–C) groups is 1. The van der Waals surface area contributed by atoms with Crippen LogP contribution in [0.4, 0.5) is 0 Å². The summed E-state index contributed by atoms with van der Waals surface area (Å²) in [5.41, 5.74) is 0. The molecule has 1 fully saturated rings. The van der Waals surface area contributed by atoms with E-state index in [1.165, 1.54) is 23.8 Å². The molecule has 0 aromatic carbocycles. The van der Waals surface area contributed by atoms with Gasteiger partial charge in [-0.2, -0.15) is 0 Å². The van der Waals surface area contributed by atoms with Crippen LogP contribution in [0.3, 0.4) is 0 Å². The Morgan fingerprint density at radius 3 is 3.00 bits per heavy atom. The maximum absolute atomic E-state index is 4.35. The fourth-order valence-corrected chi connectivity index (χ4v) is 2.65. The molecule has 0 bridgehead atoms. The van der Waals surface area contributed by atoms with Crippen LogP contribution in [0.25, 0.3) is 0 Å². The van der Waals surface area contributed by atoms with Crippen LogP contribution in [0.1, 0.15) is 19.8 Å². The Morgan fingerprint density at radius 1 is 1.58 bits per heavy atom. The zero-order chi connectivity index (χ0) is 8.39. The minimum atomic E-state index is 0.920. The predicted octanol–water partition coefficient (Wildman–Crippen LogP) is 1.72. The molecule has 0 spiro atoms. The lowest BCUT2D eigenvalue weighted by atomic mass is 9.76. The molecule has 12 heavy (non-hydrogen) atoms. The largest absolute Gasteiger partial charge is 0.365 e. The lowest BCUT2D eigenvalue weighted by Gasteiger charge is -2.32. The Bertz CT molecular complexity index is 185. The molecule has 2 nitrogen and oxygen atoms in total.